The van der Waals surface area contributed by atoms with E-state index in [1.54, 1.807) is 18.3 Å². The molecular weight excluding hydrogens is 800 g/mol. The minimum absolute atomic E-state index is 0.174. The Balaban J connectivity index is 0.908. The Morgan fingerprint density at radius 3 is 2.66 bits per heavy atom. The molecule has 3 aromatic carbocycles. The first-order valence-electron chi connectivity index (χ1n) is 21.3. The average molecular weight is 853 g/mol. The number of nitrogens with one attached hydrogen (secondary N) is 3. The van der Waals surface area contributed by atoms with Gasteiger partial charge in [0.1, 0.15) is 17.1 Å². The molecule has 9 rings (SSSR count). The number of ether oxygens (including phenoxy) is 3. The molecule has 322 valence electrons. The maximum Gasteiger partial charge on any atom is 0.268 e. The van der Waals surface area contributed by atoms with Crippen LogP contribution in [-0.4, -0.2) is 92.4 Å². The van der Waals surface area contributed by atoms with Crippen molar-refractivity contribution in [3.05, 3.63) is 102 Å². The Kier molecular flexibility index (Phi) is 11.4. The predicted octanol–water partition coefficient (Wildman–Crippen LogP) is 7.86. The van der Waals surface area contributed by atoms with Gasteiger partial charge in [-0.3, -0.25) is 9.69 Å². The van der Waals surface area contributed by atoms with Crippen LogP contribution in [0.5, 0.6) is 17.2 Å². The summed E-state index contributed by atoms with van der Waals surface area (Å²) >= 11 is 0. The molecule has 2 unspecified atom stereocenters. The maximum atomic E-state index is 16.9. The number of nitrogens with zero attached hydrogens (tertiary/aromatic N) is 3. The lowest BCUT2D eigenvalue weighted by atomic mass is 9.59. The van der Waals surface area contributed by atoms with Crippen LogP contribution < -0.4 is 19.7 Å². The van der Waals surface area contributed by atoms with E-state index in [4.69, 9.17) is 14.2 Å². The van der Waals surface area contributed by atoms with E-state index in [9.17, 15) is 18.3 Å². The van der Waals surface area contributed by atoms with Gasteiger partial charge in [-0.2, -0.15) is 0 Å². The minimum atomic E-state index is -4.52. The number of carbonyl (C=O) groups excluding carboxylic acids is 1. The zero-order valence-electron chi connectivity index (χ0n) is 34.5. The highest BCUT2D eigenvalue weighted by molar-refractivity contribution is 7.90. The molecule has 61 heavy (non-hydrogen) atoms. The van der Waals surface area contributed by atoms with Crippen LogP contribution in [0.25, 0.3) is 11.0 Å². The lowest BCUT2D eigenvalue weighted by Gasteiger charge is -2.56. The number of hydrogen-bond acceptors (Lipinski definition) is 11. The number of phenolic OH excluding ortho intramolecular Hbond substituents is 1. The molecule has 2 aromatic heterocycles. The largest absolute Gasteiger partial charge is 0.506 e. The number of benzene rings is 3. The molecule has 0 radical (unpaired) electrons. The summed E-state index contributed by atoms with van der Waals surface area (Å²) in [6, 6.07) is 20.0. The zero-order chi connectivity index (χ0) is 42.3. The molecular formula is C46H53FN6O7S. The Morgan fingerprint density at radius 2 is 1.89 bits per heavy atom. The van der Waals surface area contributed by atoms with Crippen molar-refractivity contribution in [1.82, 2.24) is 19.6 Å². The van der Waals surface area contributed by atoms with Gasteiger partial charge >= 0.3 is 0 Å². The van der Waals surface area contributed by atoms with Gasteiger partial charge < -0.3 is 34.5 Å². The van der Waals surface area contributed by atoms with Gasteiger partial charge in [-0.25, -0.2) is 22.5 Å². The molecule has 1 saturated carbocycles. The number of piperidine rings is 1. The second kappa shape index (κ2) is 16.9. The Hall–Kier alpha value is -5.22. The van der Waals surface area contributed by atoms with Crippen LogP contribution in [0.3, 0.4) is 0 Å². The van der Waals surface area contributed by atoms with E-state index in [0.717, 1.165) is 38.3 Å². The SMILES string of the molecule is CC(C)c1ccccc1C1CCCN1C1CC2(CCN(c3ccc(C(=O)NS(=O)(=O)c4ccc(NCC5COCCO5)c(O)c4)c(Oc4cnc5[nH]ccc5c4)c3F)CC2)C1. The smallest absolute Gasteiger partial charge is 0.268 e. The molecule has 4 N–H and O–H groups in total. The lowest BCUT2D eigenvalue weighted by molar-refractivity contribution is -0.0818. The number of pyridine rings is 1. The highest BCUT2D eigenvalue weighted by Gasteiger charge is 2.50. The van der Waals surface area contributed by atoms with E-state index in [1.807, 2.05) is 4.90 Å². The topological polar surface area (TPSA) is 158 Å². The van der Waals surface area contributed by atoms with Crippen LogP contribution in [0, 0.1) is 11.2 Å². The normalized spacial score (nSPS) is 20.9. The van der Waals surface area contributed by atoms with Gasteiger partial charge in [0.05, 0.1) is 54.0 Å². The lowest BCUT2D eigenvalue weighted by Crippen LogP contribution is -2.55. The number of halogens is 1. The molecule has 13 nitrogen and oxygen atoms in total. The average Bonchev–Trinajstić information content (AvgIpc) is 3.93. The van der Waals surface area contributed by atoms with Gasteiger partial charge in [0, 0.05) is 49.4 Å². The van der Waals surface area contributed by atoms with Crippen LogP contribution in [0.4, 0.5) is 15.8 Å². The number of aromatic amines is 1. The summed E-state index contributed by atoms with van der Waals surface area (Å²) in [6.07, 6.45) is 9.38. The molecule has 1 aliphatic carbocycles. The first-order chi connectivity index (χ1) is 29.5. The maximum absolute atomic E-state index is 16.9. The summed E-state index contributed by atoms with van der Waals surface area (Å²) in [5, 5.41) is 14.4. The first-order valence-corrected chi connectivity index (χ1v) is 22.8. The number of carbonyl (C=O) groups is 1. The number of H-pyrrole nitrogens is 1. The molecule has 3 aliphatic heterocycles. The Morgan fingerprint density at radius 1 is 1.07 bits per heavy atom. The molecule has 5 heterocycles. The Labute approximate surface area is 355 Å². The molecule has 0 bridgehead atoms. The van der Waals surface area contributed by atoms with Crippen molar-refractivity contribution in [2.45, 2.75) is 81.4 Å². The number of fused-ring (bicyclic) bond motifs is 1. The highest BCUT2D eigenvalue weighted by atomic mass is 32.2. The third kappa shape index (κ3) is 8.40. The number of likely N-dealkylation sites (tertiary alicyclic amines) is 1. The summed E-state index contributed by atoms with van der Waals surface area (Å²) in [5.74, 6) is -1.97. The predicted molar refractivity (Wildman–Crippen MR) is 230 cm³/mol. The van der Waals surface area contributed by atoms with Crippen molar-refractivity contribution in [3.8, 4) is 17.2 Å². The Bertz CT molecular complexity index is 2510. The highest BCUT2D eigenvalue weighted by Crippen LogP contribution is 2.54. The minimum Gasteiger partial charge on any atom is -0.506 e. The van der Waals surface area contributed by atoms with Gasteiger partial charge in [-0.1, -0.05) is 38.1 Å². The molecule has 15 heteroatoms. The van der Waals surface area contributed by atoms with Crippen molar-refractivity contribution in [2.24, 2.45) is 5.41 Å². The van der Waals surface area contributed by atoms with Gasteiger partial charge in [-0.05, 0) is 104 Å². The van der Waals surface area contributed by atoms with Crippen LogP contribution >= 0.6 is 0 Å². The third-order valence-corrected chi connectivity index (χ3v) is 14.4. The number of hydrogen-bond donors (Lipinski definition) is 4. The monoisotopic (exact) mass is 852 g/mol. The van der Waals surface area contributed by atoms with Gasteiger partial charge in [0.25, 0.3) is 15.9 Å². The van der Waals surface area contributed by atoms with Crippen LogP contribution in [0.2, 0.25) is 0 Å². The molecule has 1 spiro atoms. The fourth-order valence-corrected chi connectivity index (χ4v) is 10.8. The summed E-state index contributed by atoms with van der Waals surface area (Å²) in [7, 11) is -4.52. The van der Waals surface area contributed by atoms with Crippen LogP contribution in [0.15, 0.2) is 84.0 Å². The molecule has 4 fully saturated rings. The van der Waals surface area contributed by atoms with E-state index in [0.29, 0.717) is 68.5 Å². The molecule has 1 amide bonds. The zero-order valence-corrected chi connectivity index (χ0v) is 35.3. The van der Waals surface area contributed by atoms with Gasteiger partial charge in [-0.15, -0.1) is 0 Å². The van der Waals surface area contributed by atoms with Crippen LogP contribution in [0.1, 0.15) is 85.8 Å². The third-order valence-electron chi connectivity index (χ3n) is 13.1. The summed E-state index contributed by atoms with van der Waals surface area (Å²) in [4.78, 5) is 25.6. The number of aromatic nitrogens is 2. The van der Waals surface area contributed by atoms with Gasteiger partial charge in [0.15, 0.2) is 11.6 Å². The molecule has 3 saturated heterocycles. The van der Waals surface area contributed by atoms with Crippen molar-refractivity contribution in [2.75, 3.05) is 56.2 Å². The van der Waals surface area contributed by atoms with E-state index in [-0.39, 0.29) is 44.9 Å². The molecule has 2 atom stereocenters. The van der Waals surface area contributed by atoms with Gasteiger partial charge in [0.2, 0.25) is 0 Å². The number of amides is 1. The van der Waals surface area contributed by atoms with E-state index >= 15 is 4.39 Å². The summed E-state index contributed by atoms with van der Waals surface area (Å²) in [6.45, 7) is 8.63. The van der Waals surface area contributed by atoms with E-state index in [2.05, 4.69) is 63.0 Å². The van der Waals surface area contributed by atoms with Crippen molar-refractivity contribution >= 4 is 38.3 Å². The summed E-state index contributed by atoms with van der Waals surface area (Å²) in [5.41, 5.74) is 3.96. The van der Waals surface area contributed by atoms with Crippen LogP contribution in [-0.2, 0) is 19.5 Å². The number of aromatic hydroxyl groups is 1. The molecule has 4 aliphatic rings. The van der Waals surface area contributed by atoms with Crippen molar-refractivity contribution in [3.63, 3.8) is 0 Å². The fourth-order valence-electron chi connectivity index (χ4n) is 9.81. The fraction of sp³-hybridized carbons (Fsp3) is 0.435. The quantitative estimate of drug-likeness (QED) is 0.0906. The first kappa shape index (κ1) is 41.1. The van der Waals surface area contributed by atoms with E-state index in [1.165, 1.54) is 54.4 Å². The second-order valence-corrected chi connectivity index (χ2v) is 18.9. The van der Waals surface area contributed by atoms with E-state index < -0.39 is 27.5 Å². The summed E-state index contributed by atoms with van der Waals surface area (Å²) < 4.78 is 63.2. The standard InChI is InChI=1S/C46H53FN6O7S/c1-29(2)35-6-3-4-7-36(35)39-8-5-17-53(39)31-24-46(25-31)14-18-52(19-15-46)40-12-10-37(43(42(40)47)60-32-22-30-13-16-48-44(30)50-26-32)45(55)51-61(56,57)34-9-11-38(41(54)23-34)49-27-33-28-58-20-21-59-33/h3-4,6-7,9-13,16,22-23,26,29,31,33,39,49,54H,5,8,14-15,17-21,24-25,27-28H2,1-2H3,(H,48,50)(H,51,55). The number of anilines is 2. The van der Waals surface area contributed by atoms with Crippen molar-refractivity contribution < 1.29 is 36.9 Å². The number of rotatable bonds is 12. The van der Waals surface area contributed by atoms with Crippen molar-refractivity contribution in [1.29, 1.82) is 0 Å². The number of sulfonamides is 1. The number of phenols is 1. The second-order valence-electron chi connectivity index (χ2n) is 17.3. The molecule has 5 aromatic rings.